The SMILES string of the molecule is COCCNc1oc(-c2cccc(C)c2)nc1S(=O)(=O)c1ccc(C)cc1. The highest BCUT2D eigenvalue weighted by molar-refractivity contribution is 7.91. The Morgan fingerprint density at radius 1 is 1.07 bits per heavy atom. The number of sulfone groups is 1. The zero-order valence-corrected chi connectivity index (χ0v) is 16.3. The molecule has 0 aliphatic carbocycles. The zero-order chi connectivity index (χ0) is 19.4. The van der Waals surface area contributed by atoms with Crippen molar-refractivity contribution in [2.75, 3.05) is 25.6 Å². The van der Waals surface area contributed by atoms with Crippen molar-refractivity contribution in [3.63, 3.8) is 0 Å². The summed E-state index contributed by atoms with van der Waals surface area (Å²) in [6.07, 6.45) is 0. The lowest BCUT2D eigenvalue weighted by molar-refractivity contribution is 0.210. The van der Waals surface area contributed by atoms with E-state index in [2.05, 4.69) is 10.3 Å². The van der Waals surface area contributed by atoms with Crippen LogP contribution in [0.4, 0.5) is 5.88 Å². The standard InChI is InChI=1S/C20H22N2O4S/c1-14-7-9-17(10-8-14)27(23,24)20-19(21-11-12-25-3)26-18(22-20)16-6-4-5-15(2)13-16/h4-10,13,21H,11-12H2,1-3H3. The molecule has 0 aliphatic rings. The lowest BCUT2D eigenvalue weighted by atomic mass is 10.1. The van der Waals surface area contributed by atoms with E-state index in [4.69, 9.17) is 9.15 Å². The Morgan fingerprint density at radius 3 is 2.48 bits per heavy atom. The lowest BCUT2D eigenvalue weighted by Gasteiger charge is -2.06. The minimum Gasteiger partial charge on any atom is -0.419 e. The number of aromatic nitrogens is 1. The minimum absolute atomic E-state index is 0.115. The van der Waals surface area contributed by atoms with Crippen LogP contribution in [0.3, 0.4) is 0 Å². The van der Waals surface area contributed by atoms with Gasteiger partial charge in [0.05, 0.1) is 11.5 Å². The van der Waals surface area contributed by atoms with Crippen LogP contribution in [-0.4, -0.2) is 33.7 Å². The van der Waals surface area contributed by atoms with Crippen LogP contribution in [0.2, 0.25) is 0 Å². The van der Waals surface area contributed by atoms with Crippen molar-refractivity contribution in [3.8, 4) is 11.5 Å². The van der Waals surface area contributed by atoms with Crippen LogP contribution in [0.1, 0.15) is 11.1 Å². The summed E-state index contributed by atoms with van der Waals surface area (Å²) in [5, 5.41) is 2.85. The molecule has 0 unspecified atom stereocenters. The summed E-state index contributed by atoms with van der Waals surface area (Å²) in [6, 6.07) is 14.2. The fourth-order valence-corrected chi connectivity index (χ4v) is 3.88. The van der Waals surface area contributed by atoms with Gasteiger partial charge in [0.1, 0.15) is 0 Å². The van der Waals surface area contributed by atoms with Crippen molar-refractivity contribution in [2.45, 2.75) is 23.8 Å². The van der Waals surface area contributed by atoms with Gasteiger partial charge in [0, 0.05) is 19.2 Å². The molecule has 2 aromatic carbocycles. The van der Waals surface area contributed by atoms with E-state index < -0.39 is 9.84 Å². The number of methoxy groups -OCH3 is 1. The number of anilines is 1. The molecule has 1 N–H and O–H groups in total. The Morgan fingerprint density at radius 2 is 1.81 bits per heavy atom. The van der Waals surface area contributed by atoms with Gasteiger partial charge in [0.15, 0.2) is 0 Å². The summed E-state index contributed by atoms with van der Waals surface area (Å²) in [5.74, 6) is 0.369. The molecular formula is C20H22N2O4S. The summed E-state index contributed by atoms with van der Waals surface area (Å²) in [6.45, 7) is 4.66. The summed E-state index contributed by atoms with van der Waals surface area (Å²) in [5.41, 5.74) is 2.73. The van der Waals surface area contributed by atoms with Crippen LogP contribution < -0.4 is 5.32 Å². The maximum Gasteiger partial charge on any atom is 0.233 e. The first-order valence-electron chi connectivity index (χ1n) is 8.54. The van der Waals surface area contributed by atoms with Crippen molar-refractivity contribution in [1.29, 1.82) is 0 Å². The fraction of sp³-hybridized carbons (Fsp3) is 0.250. The van der Waals surface area contributed by atoms with Crippen molar-refractivity contribution in [3.05, 3.63) is 59.7 Å². The Labute approximate surface area is 159 Å². The third-order valence-electron chi connectivity index (χ3n) is 4.04. The van der Waals surface area contributed by atoms with Gasteiger partial charge < -0.3 is 14.5 Å². The van der Waals surface area contributed by atoms with E-state index in [-0.39, 0.29) is 21.7 Å². The molecule has 3 aromatic rings. The van der Waals surface area contributed by atoms with Gasteiger partial charge in [0.2, 0.25) is 26.6 Å². The Bertz CT molecular complexity index is 1020. The second-order valence-corrected chi connectivity index (χ2v) is 8.12. The maximum absolute atomic E-state index is 13.1. The summed E-state index contributed by atoms with van der Waals surface area (Å²) in [7, 11) is -2.26. The minimum atomic E-state index is -3.83. The van der Waals surface area contributed by atoms with E-state index in [0.29, 0.717) is 13.2 Å². The van der Waals surface area contributed by atoms with E-state index in [1.165, 1.54) is 0 Å². The molecule has 0 fully saturated rings. The van der Waals surface area contributed by atoms with Gasteiger partial charge in [-0.15, -0.1) is 0 Å². The number of nitrogens with one attached hydrogen (secondary N) is 1. The molecule has 6 nitrogen and oxygen atoms in total. The number of hydrogen-bond donors (Lipinski definition) is 1. The molecule has 142 valence electrons. The Kier molecular flexibility index (Phi) is 5.62. The fourth-order valence-electron chi connectivity index (χ4n) is 2.60. The van der Waals surface area contributed by atoms with E-state index in [0.717, 1.165) is 16.7 Å². The van der Waals surface area contributed by atoms with Gasteiger partial charge >= 0.3 is 0 Å². The quantitative estimate of drug-likeness (QED) is 0.621. The van der Waals surface area contributed by atoms with Crippen molar-refractivity contribution in [2.24, 2.45) is 0 Å². The first-order valence-corrected chi connectivity index (χ1v) is 10.0. The Hall–Kier alpha value is -2.64. The molecular weight excluding hydrogens is 364 g/mol. The van der Waals surface area contributed by atoms with E-state index in [1.54, 1.807) is 31.4 Å². The molecule has 0 bridgehead atoms. The molecule has 1 aromatic heterocycles. The molecule has 27 heavy (non-hydrogen) atoms. The first kappa shape index (κ1) is 19.1. The highest BCUT2D eigenvalue weighted by atomic mass is 32.2. The Balaban J connectivity index is 2.07. The van der Waals surface area contributed by atoms with Crippen molar-refractivity contribution >= 4 is 15.7 Å². The van der Waals surface area contributed by atoms with Gasteiger partial charge in [-0.2, -0.15) is 4.98 Å². The maximum atomic E-state index is 13.1. The van der Waals surface area contributed by atoms with Crippen LogP contribution in [0, 0.1) is 13.8 Å². The molecule has 0 saturated heterocycles. The van der Waals surface area contributed by atoms with E-state index >= 15 is 0 Å². The van der Waals surface area contributed by atoms with Gasteiger partial charge in [-0.3, -0.25) is 0 Å². The number of aryl methyl sites for hydroxylation is 2. The average Bonchev–Trinajstić information content (AvgIpc) is 3.07. The van der Waals surface area contributed by atoms with E-state index in [1.807, 2.05) is 38.1 Å². The number of hydrogen-bond acceptors (Lipinski definition) is 6. The number of nitrogens with zero attached hydrogens (tertiary/aromatic N) is 1. The van der Waals surface area contributed by atoms with Gasteiger partial charge in [-0.1, -0.05) is 35.4 Å². The van der Waals surface area contributed by atoms with Crippen molar-refractivity contribution < 1.29 is 17.6 Å². The largest absolute Gasteiger partial charge is 0.419 e. The smallest absolute Gasteiger partial charge is 0.233 e. The van der Waals surface area contributed by atoms with Gasteiger partial charge in [0.25, 0.3) is 0 Å². The summed E-state index contributed by atoms with van der Waals surface area (Å²) in [4.78, 5) is 4.49. The predicted molar refractivity (Wildman–Crippen MR) is 104 cm³/mol. The third-order valence-corrected chi connectivity index (χ3v) is 5.72. The molecule has 0 spiro atoms. The van der Waals surface area contributed by atoms with Crippen LogP contribution in [0.15, 0.2) is 62.9 Å². The molecule has 3 rings (SSSR count). The molecule has 1 heterocycles. The second kappa shape index (κ2) is 7.94. The molecule has 7 heteroatoms. The van der Waals surface area contributed by atoms with E-state index in [9.17, 15) is 8.42 Å². The summed E-state index contributed by atoms with van der Waals surface area (Å²) < 4.78 is 37.0. The van der Waals surface area contributed by atoms with Crippen LogP contribution in [-0.2, 0) is 14.6 Å². The topological polar surface area (TPSA) is 81.4 Å². The summed E-state index contributed by atoms with van der Waals surface area (Å²) >= 11 is 0. The second-order valence-electron chi connectivity index (χ2n) is 6.26. The number of benzene rings is 2. The van der Waals surface area contributed by atoms with Crippen molar-refractivity contribution in [1.82, 2.24) is 4.98 Å². The zero-order valence-electron chi connectivity index (χ0n) is 15.5. The van der Waals surface area contributed by atoms with Gasteiger partial charge in [-0.05, 0) is 38.1 Å². The molecule has 0 amide bonds. The highest BCUT2D eigenvalue weighted by Crippen LogP contribution is 2.32. The number of oxazole rings is 1. The first-order chi connectivity index (χ1) is 12.9. The van der Waals surface area contributed by atoms with Gasteiger partial charge in [-0.25, -0.2) is 8.42 Å². The highest BCUT2D eigenvalue weighted by Gasteiger charge is 2.28. The molecule has 0 aliphatic heterocycles. The third kappa shape index (κ3) is 4.20. The lowest BCUT2D eigenvalue weighted by Crippen LogP contribution is -2.11. The number of ether oxygens (including phenoxy) is 1. The van der Waals surface area contributed by atoms with Crippen LogP contribution in [0.25, 0.3) is 11.5 Å². The molecule has 0 saturated carbocycles. The average molecular weight is 386 g/mol. The molecule has 0 radical (unpaired) electrons. The normalized spacial score (nSPS) is 11.5. The monoisotopic (exact) mass is 386 g/mol. The predicted octanol–water partition coefficient (Wildman–Crippen LogP) is 3.85. The van der Waals surface area contributed by atoms with Crippen LogP contribution >= 0.6 is 0 Å². The van der Waals surface area contributed by atoms with Crippen LogP contribution in [0.5, 0.6) is 0 Å². The number of rotatable bonds is 7. The molecule has 0 atom stereocenters.